The highest BCUT2D eigenvalue weighted by Crippen LogP contribution is 2.29. The molecular weight excluding hydrogens is 342 g/mol. The lowest BCUT2D eigenvalue weighted by molar-refractivity contribution is -0.113. The second-order valence-corrected chi connectivity index (χ2v) is 6.00. The predicted octanol–water partition coefficient (Wildman–Crippen LogP) is 3.31. The van der Waals surface area contributed by atoms with Crippen molar-refractivity contribution in [2.24, 2.45) is 0 Å². The summed E-state index contributed by atoms with van der Waals surface area (Å²) in [5, 5.41) is 18.0. The minimum atomic E-state index is -0.642. The molecule has 0 fully saturated rings. The minimum Gasteiger partial charge on any atom is -0.508 e. The maximum Gasteiger partial charge on any atom is 0.319 e. The summed E-state index contributed by atoms with van der Waals surface area (Å²) in [5.41, 5.74) is 1.98. The third-order valence-corrected chi connectivity index (χ3v) is 4.19. The average Bonchev–Trinajstić information content (AvgIpc) is 2.57. The van der Waals surface area contributed by atoms with Crippen LogP contribution < -0.4 is 16.0 Å². The molecule has 1 heterocycles. The zero-order chi connectivity index (χ0) is 18.0. The molecule has 25 heavy (non-hydrogen) atoms. The number of amides is 3. The van der Waals surface area contributed by atoms with Gasteiger partial charge in [-0.15, -0.1) is 0 Å². The number of carbonyl (C=O) groups is 2. The van der Waals surface area contributed by atoms with Gasteiger partial charge in [0.25, 0.3) is 5.91 Å². The van der Waals surface area contributed by atoms with Crippen LogP contribution in [0.5, 0.6) is 5.75 Å². The first kappa shape index (κ1) is 16.9. The van der Waals surface area contributed by atoms with Gasteiger partial charge in [0.1, 0.15) is 5.75 Å². The summed E-state index contributed by atoms with van der Waals surface area (Å²) in [7, 11) is 0. The fourth-order valence-electron chi connectivity index (χ4n) is 2.66. The van der Waals surface area contributed by atoms with Gasteiger partial charge in [-0.1, -0.05) is 35.9 Å². The Morgan fingerprint density at radius 1 is 1.16 bits per heavy atom. The number of hydrogen-bond acceptors (Lipinski definition) is 3. The van der Waals surface area contributed by atoms with Crippen molar-refractivity contribution in [2.75, 3.05) is 5.32 Å². The number of benzene rings is 2. The van der Waals surface area contributed by atoms with E-state index in [9.17, 15) is 14.7 Å². The number of carbonyl (C=O) groups excluding carboxylic acids is 2. The van der Waals surface area contributed by atoms with E-state index >= 15 is 0 Å². The van der Waals surface area contributed by atoms with E-state index in [0.717, 1.165) is 0 Å². The first-order chi connectivity index (χ1) is 12.0. The number of phenolic OH excluding ortho intramolecular Hbond substituents is 1. The summed E-state index contributed by atoms with van der Waals surface area (Å²) in [6.45, 7) is 1.66. The largest absolute Gasteiger partial charge is 0.508 e. The molecule has 6 nitrogen and oxygen atoms in total. The number of anilines is 1. The van der Waals surface area contributed by atoms with Crippen LogP contribution in [-0.4, -0.2) is 17.0 Å². The van der Waals surface area contributed by atoms with Crippen molar-refractivity contribution in [3.05, 3.63) is 70.4 Å². The number of phenols is 1. The zero-order valence-electron chi connectivity index (χ0n) is 13.3. The molecule has 3 rings (SSSR count). The first-order valence-corrected chi connectivity index (χ1v) is 7.96. The fraction of sp³-hybridized carbons (Fsp3) is 0.111. The second kappa shape index (κ2) is 6.86. The van der Waals surface area contributed by atoms with Crippen molar-refractivity contribution in [2.45, 2.75) is 13.0 Å². The molecule has 0 radical (unpaired) electrons. The van der Waals surface area contributed by atoms with Gasteiger partial charge in [0, 0.05) is 5.70 Å². The number of rotatable bonds is 3. The van der Waals surface area contributed by atoms with Crippen molar-refractivity contribution in [1.29, 1.82) is 0 Å². The molecule has 0 aliphatic carbocycles. The van der Waals surface area contributed by atoms with E-state index in [-0.39, 0.29) is 11.7 Å². The van der Waals surface area contributed by atoms with Gasteiger partial charge in [0.05, 0.1) is 22.3 Å². The van der Waals surface area contributed by atoms with Crippen LogP contribution >= 0.6 is 11.6 Å². The molecule has 0 aromatic heterocycles. The van der Waals surface area contributed by atoms with Gasteiger partial charge in [-0.05, 0) is 36.8 Å². The van der Waals surface area contributed by atoms with Gasteiger partial charge in [-0.3, -0.25) is 4.79 Å². The molecule has 0 bridgehead atoms. The lowest BCUT2D eigenvalue weighted by Crippen LogP contribution is -2.45. The second-order valence-electron chi connectivity index (χ2n) is 5.60. The van der Waals surface area contributed by atoms with Crippen LogP contribution in [0.3, 0.4) is 0 Å². The number of nitrogens with one attached hydrogen (secondary N) is 3. The number of halogens is 1. The number of aromatic hydroxyl groups is 1. The lowest BCUT2D eigenvalue weighted by atomic mass is 9.94. The first-order valence-electron chi connectivity index (χ1n) is 7.59. The summed E-state index contributed by atoms with van der Waals surface area (Å²) in [6.07, 6.45) is 0. The number of allylic oxidation sites excluding steroid dienone is 1. The smallest absolute Gasteiger partial charge is 0.319 e. The Kier molecular flexibility index (Phi) is 4.63. The van der Waals surface area contributed by atoms with Crippen molar-refractivity contribution in [3.8, 4) is 5.75 Å². The van der Waals surface area contributed by atoms with E-state index in [4.69, 9.17) is 11.6 Å². The molecule has 7 heteroatoms. The summed E-state index contributed by atoms with van der Waals surface area (Å²) in [4.78, 5) is 24.7. The Balaban J connectivity index is 1.96. The van der Waals surface area contributed by atoms with E-state index < -0.39 is 12.1 Å². The Hall–Kier alpha value is -2.99. The van der Waals surface area contributed by atoms with Crippen LogP contribution in [0.2, 0.25) is 5.02 Å². The van der Waals surface area contributed by atoms with Gasteiger partial charge in [0.2, 0.25) is 0 Å². The Morgan fingerprint density at radius 2 is 1.84 bits per heavy atom. The molecule has 0 spiro atoms. The standard InChI is InChI=1S/C18H16ClN3O3/c1-10-15(17(24)21-14-5-3-2-4-13(14)19)16(22-18(25)20-10)11-6-8-12(23)9-7-11/h2-9,16,23H,1H3,(H,21,24)(H2,20,22,25). The van der Waals surface area contributed by atoms with Crippen molar-refractivity contribution in [1.82, 2.24) is 10.6 Å². The molecule has 2 aromatic rings. The van der Waals surface area contributed by atoms with Crippen molar-refractivity contribution >= 4 is 29.2 Å². The van der Waals surface area contributed by atoms with Gasteiger partial charge >= 0.3 is 6.03 Å². The number of hydrogen-bond donors (Lipinski definition) is 4. The molecule has 0 saturated carbocycles. The summed E-state index contributed by atoms with van der Waals surface area (Å²) in [6, 6.07) is 12.2. The van der Waals surface area contributed by atoms with Gasteiger partial charge < -0.3 is 21.1 Å². The maximum absolute atomic E-state index is 12.8. The molecule has 1 aliphatic heterocycles. The predicted molar refractivity (Wildman–Crippen MR) is 95.3 cm³/mol. The quantitative estimate of drug-likeness (QED) is 0.679. The van der Waals surface area contributed by atoms with Gasteiger partial charge in [-0.2, -0.15) is 0 Å². The van der Waals surface area contributed by atoms with Crippen molar-refractivity contribution in [3.63, 3.8) is 0 Å². The molecule has 4 N–H and O–H groups in total. The number of urea groups is 1. The third-order valence-electron chi connectivity index (χ3n) is 3.86. The van der Waals surface area contributed by atoms with E-state index in [0.29, 0.717) is 27.5 Å². The molecule has 1 unspecified atom stereocenters. The highest BCUT2D eigenvalue weighted by molar-refractivity contribution is 6.33. The van der Waals surface area contributed by atoms with E-state index in [1.54, 1.807) is 43.3 Å². The normalized spacial score (nSPS) is 16.9. The Morgan fingerprint density at radius 3 is 2.52 bits per heavy atom. The highest BCUT2D eigenvalue weighted by atomic mass is 35.5. The third kappa shape index (κ3) is 3.59. The molecule has 1 aliphatic rings. The maximum atomic E-state index is 12.8. The monoisotopic (exact) mass is 357 g/mol. The molecular formula is C18H16ClN3O3. The van der Waals surface area contributed by atoms with Gasteiger partial charge in [0.15, 0.2) is 0 Å². The molecule has 2 aromatic carbocycles. The van der Waals surface area contributed by atoms with Crippen molar-refractivity contribution < 1.29 is 14.7 Å². The summed E-state index contributed by atoms with van der Waals surface area (Å²) < 4.78 is 0. The van der Waals surface area contributed by atoms with Crippen LogP contribution in [-0.2, 0) is 4.79 Å². The van der Waals surface area contributed by atoms with Crippen LogP contribution in [0, 0.1) is 0 Å². The zero-order valence-corrected chi connectivity index (χ0v) is 14.1. The minimum absolute atomic E-state index is 0.104. The topological polar surface area (TPSA) is 90.5 Å². The van der Waals surface area contributed by atoms with Crippen LogP contribution in [0.25, 0.3) is 0 Å². The van der Waals surface area contributed by atoms with E-state index in [2.05, 4.69) is 16.0 Å². The Bertz CT molecular complexity index is 862. The Labute approximate surface area is 149 Å². The van der Waals surface area contributed by atoms with Crippen LogP contribution in [0.1, 0.15) is 18.5 Å². The molecule has 128 valence electrons. The van der Waals surface area contributed by atoms with E-state index in [1.165, 1.54) is 12.1 Å². The average molecular weight is 358 g/mol. The molecule has 1 atom stereocenters. The fourth-order valence-corrected chi connectivity index (χ4v) is 2.85. The molecule has 3 amide bonds. The highest BCUT2D eigenvalue weighted by Gasteiger charge is 2.31. The SMILES string of the molecule is CC1=C(C(=O)Nc2ccccc2Cl)C(c2ccc(O)cc2)NC(=O)N1. The van der Waals surface area contributed by atoms with E-state index in [1.807, 2.05) is 0 Å². The van der Waals surface area contributed by atoms with Crippen LogP contribution in [0.15, 0.2) is 59.8 Å². The summed E-state index contributed by atoms with van der Waals surface area (Å²) >= 11 is 6.09. The number of para-hydroxylation sites is 1. The molecule has 0 saturated heterocycles. The lowest BCUT2D eigenvalue weighted by Gasteiger charge is -2.28. The van der Waals surface area contributed by atoms with Gasteiger partial charge in [-0.25, -0.2) is 4.79 Å². The van der Waals surface area contributed by atoms with Crippen LogP contribution in [0.4, 0.5) is 10.5 Å². The summed E-state index contributed by atoms with van der Waals surface area (Å²) in [5.74, 6) is -0.275.